The smallest absolute Gasteiger partial charge is 0.112 e. The predicted molar refractivity (Wildman–Crippen MR) is 79.5 cm³/mol. The summed E-state index contributed by atoms with van der Waals surface area (Å²) in [6.07, 6.45) is 6.19. The van der Waals surface area contributed by atoms with Gasteiger partial charge in [0.05, 0.1) is 17.8 Å². The van der Waals surface area contributed by atoms with Crippen molar-refractivity contribution in [2.24, 2.45) is 0 Å². The number of rotatable bonds is 5. The number of ether oxygens (including phenoxy) is 1. The van der Waals surface area contributed by atoms with Crippen LogP contribution in [-0.4, -0.2) is 36.3 Å². The lowest BCUT2D eigenvalue weighted by atomic mass is 10.2. The summed E-state index contributed by atoms with van der Waals surface area (Å²) in [5.41, 5.74) is 3.06. The van der Waals surface area contributed by atoms with E-state index in [4.69, 9.17) is 4.74 Å². The molecule has 19 heavy (non-hydrogen) atoms. The largest absolute Gasteiger partial charge is 0.383 e. The third-order valence-electron chi connectivity index (χ3n) is 3.36. The second kappa shape index (κ2) is 5.43. The third kappa shape index (κ3) is 2.72. The molecule has 0 bridgehead atoms. The zero-order valence-corrected chi connectivity index (χ0v) is 12.4. The molecular weight excluding hydrogens is 306 g/mol. The molecule has 0 saturated heterocycles. The number of nitrogens with zero attached hydrogens (tertiary/aromatic N) is 3. The normalized spacial score (nSPS) is 14.8. The summed E-state index contributed by atoms with van der Waals surface area (Å²) in [6, 6.07) is 4.69. The molecule has 1 saturated carbocycles. The van der Waals surface area contributed by atoms with E-state index in [0.29, 0.717) is 6.04 Å². The van der Waals surface area contributed by atoms with Crippen LogP contribution in [0.2, 0.25) is 0 Å². The van der Waals surface area contributed by atoms with Gasteiger partial charge in [-0.3, -0.25) is 9.97 Å². The SMILES string of the molecule is COCCN(c1ccnc2cc(Br)cnc12)C1CC1. The van der Waals surface area contributed by atoms with Crippen molar-refractivity contribution in [1.29, 1.82) is 0 Å². The molecule has 0 spiro atoms. The quantitative estimate of drug-likeness (QED) is 0.848. The van der Waals surface area contributed by atoms with Crippen LogP contribution >= 0.6 is 15.9 Å². The molecule has 0 amide bonds. The Kier molecular flexibility index (Phi) is 3.66. The van der Waals surface area contributed by atoms with Gasteiger partial charge >= 0.3 is 0 Å². The fraction of sp³-hybridized carbons (Fsp3) is 0.429. The van der Waals surface area contributed by atoms with Crippen molar-refractivity contribution in [1.82, 2.24) is 9.97 Å². The van der Waals surface area contributed by atoms with Gasteiger partial charge in [-0.05, 0) is 40.9 Å². The first-order chi connectivity index (χ1) is 9.29. The first kappa shape index (κ1) is 12.8. The molecule has 2 aromatic rings. The molecule has 100 valence electrons. The van der Waals surface area contributed by atoms with Crippen LogP contribution in [0.4, 0.5) is 5.69 Å². The molecule has 1 aliphatic rings. The number of methoxy groups -OCH3 is 1. The highest BCUT2D eigenvalue weighted by Gasteiger charge is 2.30. The number of fused-ring (bicyclic) bond motifs is 1. The maximum atomic E-state index is 5.22. The van der Waals surface area contributed by atoms with E-state index in [1.807, 2.05) is 18.5 Å². The average molecular weight is 322 g/mol. The van der Waals surface area contributed by atoms with Gasteiger partial charge in [-0.25, -0.2) is 0 Å². The van der Waals surface area contributed by atoms with Crippen molar-refractivity contribution in [2.75, 3.05) is 25.2 Å². The van der Waals surface area contributed by atoms with E-state index in [2.05, 4.69) is 36.9 Å². The van der Waals surface area contributed by atoms with E-state index >= 15 is 0 Å². The minimum Gasteiger partial charge on any atom is -0.383 e. The fourth-order valence-electron chi connectivity index (χ4n) is 2.30. The van der Waals surface area contributed by atoms with Crippen LogP contribution in [0.5, 0.6) is 0 Å². The van der Waals surface area contributed by atoms with Gasteiger partial charge in [0.15, 0.2) is 0 Å². The minimum atomic E-state index is 0.631. The molecular formula is C14H16BrN3O. The van der Waals surface area contributed by atoms with Crippen LogP contribution in [-0.2, 0) is 4.74 Å². The van der Waals surface area contributed by atoms with Gasteiger partial charge in [0.25, 0.3) is 0 Å². The summed E-state index contributed by atoms with van der Waals surface area (Å²) < 4.78 is 6.18. The monoisotopic (exact) mass is 321 g/mol. The summed E-state index contributed by atoms with van der Waals surface area (Å²) in [5, 5.41) is 0. The van der Waals surface area contributed by atoms with Gasteiger partial charge in [-0.1, -0.05) is 0 Å². The Morgan fingerprint density at radius 2 is 2.26 bits per heavy atom. The number of pyridine rings is 2. The standard InChI is InChI=1S/C14H16BrN3O/c1-19-7-6-18(11-2-3-11)13-4-5-16-12-8-10(15)9-17-14(12)13/h4-5,8-9,11H,2-3,6-7H2,1H3. The minimum absolute atomic E-state index is 0.631. The Labute approximate surface area is 120 Å². The van der Waals surface area contributed by atoms with E-state index < -0.39 is 0 Å². The van der Waals surface area contributed by atoms with E-state index in [1.165, 1.54) is 12.8 Å². The number of aromatic nitrogens is 2. The van der Waals surface area contributed by atoms with Gasteiger partial charge in [0.2, 0.25) is 0 Å². The molecule has 4 nitrogen and oxygen atoms in total. The van der Waals surface area contributed by atoms with Gasteiger partial charge in [-0.15, -0.1) is 0 Å². The Morgan fingerprint density at radius 1 is 1.42 bits per heavy atom. The van der Waals surface area contributed by atoms with Crippen LogP contribution < -0.4 is 4.90 Å². The number of anilines is 1. The zero-order valence-electron chi connectivity index (χ0n) is 10.8. The molecule has 0 atom stereocenters. The van der Waals surface area contributed by atoms with E-state index in [9.17, 15) is 0 Å². The number of hydrogen-bond donors (Lipinski definition) is 0. The first-order valence-electron chi connectivity index (χ1n) is 6.45. The van der Waals surface area contributed by atoms with Crippen LogP contribution in [0.25, 0.3) is 11.0 Å². The van der Waals surface area contributed by atoms with Gasteiger partial charge < -0.3 is 9.64 Å². The summed E-state index contributed by atoms with van der Waals surface area (Å²) in [7, 11) is 1.74. The van der Waals surface area contributed by atoms with E-state index in [0.717, 1.165) is 34.3 Å². The molecule has 5 heteroatoms. The highest BCUT2D eigenvalue weighted by Crippen LogP contribution is 2.34. The van der Waals surface area contributed by atoms with Crippen molar-refractivity contribution in [3.8, 4) is 0 Å². The maximum absolute atomic E-state index is 5.22. The Bertz CT molecular complexity index is 586. The topological polar surface area (TPSA) is 38.2 Å². The molecule has 1 aliphatic carbocycles. The summed E-state index contributed by atoms with van der Waals surface area (Å²) >= 11 is 3.44. The lowest BCUT2D eigenvalue weighted by molar-refractivity contribution is 0.205. The molecule has 2 aromatic heterocycles. The molecule has 0 N–H and O–H groups in total. The van der Waals surface area contributed by atoms with Crippen LogP contribution in [0.3, 0.4) is 0 Å². The molecule has 2 heterocycles. The zero-order chi connectivity index (χ0) is 13.2. The van der Waals surface area contributed by atoms with Crippen molar-refractivity contribution in [3.05, 3.63) is 29.0 Å². The lowest BCUT2D eigenvalue weighted by Crippen LogP contribution is -2.29. The highest BCUT2D eigenvalue weighted by atomic mass is 79.9. The Balaban J connectivity index is 2.02. The van der Waals surface area contributed by atoms with Gasteiger partial charge in [-0.2, -0.15) is 0 Å². The molecule has 3 rings (SSSR count). The first-order valence-corrected chi connectivity index (χ1v) is 7.25. The number of hydrogen-bond acceptors (Lipinski definition) is 4. The summed E-state index contributed by atoms with van der Waals surface area (Å²) in [4.78, 5) is 11.3. The molecule has 0 aromatic carbocycles. The number of halogens is 1. The van der Waals surface area contributed by atoms with Crippen molar-refractivity contribution in [3.63, 3.8) is 0 Å². The van der Waals surface area contributed by atoms with Crippen LogP contribution in [0, 0.1) is 0 Å². The van der Waals surface area contributed by atoms with E-state index in [-0.39, 0.29) is 0 Å². The third-order valence-corrected chi connectivity index (χ3v) is 3.79. The van der Waals surface area contributed by atoms with E-state index in [1.54, 1.807) is 7.11 Å². The Hall–Kier alpha value is -1.20. The van der Waals surface area contributed by atoms with Crippen LogP contribution in [0.1, 0.15) is 12.8 Å². The molecule has 0 unspecified atom stereocenters. The van der Waals surface area contributed by atoms with Gasteiger partial charge in [0.1, 0.15) is 5.52 Å². The average Bonchev–Trinajstić information content (AvgIpc) is 3.23. The molecule has 1 fully saturated rings. The van der Waals surface area contributed by atoms with Gasteiger partial charge in [0, 0.05) is 36.6 Å². The Morgan fingerprint density at radius 3 is 3.00 bits per heavy atom. The second-order valence-corrected chi connectivity index (χ2v) is 5.68. The van der Waals surface area contributed by atoms with Crippen molar-refractivity contribution < 1.29 is 4.74 Å². The second-order valence-electron chi connectivity index (χ2n) is 4.77. The summed E-state index contributed by atoms with van der Waals surface area (Å²) in [6.45, 7) is 1.63. The highest BCUT2D eigenvalue weighted by molar-refractivity contribution is 9.10. The fourth-order valence-corrected chi connectivity index (χ4v) is 2.62. The van der Waals surface area contributed by atoms with Crippen LogP contribution in [0.15, 0.2) is 29.0 Å². The van der Waals surface area contributed by atoms with Crippen molar-refractivity contribution >= 4 is 32.7 Å². The predicted octanol–water partition coefficient (Wildman–Crippen LogP) is 3.01. The maximum Gasteiger partial charge on any atom is 0.112 e. The lowest BCUT2D eigenvalue weighted by Gasteiger charge is -2.25. The summed E-state index contributed by atoms with van der Waals surface area (Å²) in [5.74, 6) is 0. The van der Waals surface area contributed by atoms with Crippen molar-refractivity contribution in [2.45, 2.75) is 18.9 Å². The molecule has 0 radical (unpaired) electrons. The molecule has 0 aliphatic heterocycles.